The summed E-state index contributed by atoms with van der Waals surface area (Å²) in [5.41, 5.74) is 4.62. The van der Waals surface area contributed by atoms with Crippen molar-refractivity contribution in [3.63, 3.8) is 0 Å². The summed E-state index contributed by atoms with van der Waals surface area (Å²) in [7, 11) is 0. The van der Waals surface area contributed by atoms with Crippen molar-refractivity contribution in [2.45, 2.75) is 19.9 Å². The van der Waals surface area contributed by atoms with E-state index < -0.39 is 0 Å². The Balaban J connectivity index is 1.99. The summed E-state index contributed by atoms with van der Waals surface area (Å²) in [6.07, 6.45) is 1.84. The van der Waals surface area contributed by atoms with Crippen LogP contribution in [0.1, 0.15) is 24.1 Å². The standard InChI is InChI=1S/C18H17BrN2/c1-12-9-10-17(15-7-5-11-20-18(12)15)21-13(2)14-6-3-4-8-16(14)19/h3-11,13,21H,1-2H3. The highest BCUT2D eigenvalue weighted by molar-refractivity contribution is 9.10. The number of anilines is 1. The molecule has 2 aromatic carbocycles. The van der Waals surface area contributed by atoms with E-state index in [2.05, 4.69) is 76.5 Å². The minimum atomic E-state index is 0.215. The highest BCUT2D eigenvalue weighted by Crippen LogP contribution is 2.30. The van der Waals surface area contributed by atoms with Gasteiger partial charge in [-0.15, -0.1) is 0 Å². The van der Waals surface area contributed by atoms with E-state index in [0.29, 0.717) is 0 Å². The lowest BCUT2D eigenvalue weighted by Gasteiger charge is -2.19. The second-order valence-electron chi connectivity index (χ2n) is 5.22. The fourth-order valence-electron chi connectivity index (χ4n) is 2.58. The van der Waals surface area contributed by atoms with Crippen molar-refractivity contribution in [1.82, 2.24) is 4.98 Å². The third-order valence-electron chi connectivity index (χ3n) is 3.72. The van der Waals surface area contributed by atoms with Crippen LogP contribution in [0.3, 0.4) is 0 Å². The zero-order valence-electron chi connectivity index (χ0n) is 12.1. The lowest BCUT2D eigenvalue weighted by atomic mass is 10.1. The lowest BCUT2D eigenvalue weighted by Crippen LogP contribution is -2.07. The van der Waals surface area contributed by atoms with Crippen molar-refractivity contribution in [3.8, 4) is 0 Å². The summed E-state index contributed by atoms with van der Waals surface area (Å²) in [4.78, 5) is 4.49. The van der Waals surface area contributed by atoms with Gasteiger partial charge in [-0.3, -0.25) is 4.98 Å². The zero-order valence-corrected chi connectivity index (χ0v) is 13.7. The van der Waals surface area contributed by atoms with Crippen LogP contribution in [0.15, 0.2) is 59.2 Å². The molecule has 21 heavy (non-hydrogen) atoms. The van der Waals surface area contributed by atoms with Gasteiger partial charge in [0.25, 0.3) is 0 Å². The van der Waals surface area contributed by atoms with E-state index >= 15 is 0 Å². The Hall–Kier alpha value is -1.87. The minimum Gasteiger partial charge on any atom is -0.378 e. The molecule has 0 aliphatic heterocycles. The molecule has 0 amide bonds. The number of nitrogens with one attached hydrogen (secondary N) is 1. The average molecular weight is 341 g/mol. The molecular weight excluding hydrogens is 324 g/mol. The first kappa shape index (κ1) is 14.1. The van der Waals surface area contributed by atoms with E-state index in [1.807, 2.05) is 18.3 Å². The van der Waals surface area contributed by atoms with E-state index in [4.69, 9.17) is 0 Å². The van der Waals surface area contributed by atoms with Crippen LogP contribution in [0.25, 0.3) is 10.9 Å². The van der Waals surface area contributed by atoms with Gasteiger partial charge < -0.3 is 5.32 Å². The van der Waals surface area contributed by atoms with Crippen molar-refractivity contribution in [1.29, 1.82) is 0 Å². The molecule has 1 unspecified atom stereocenters. The Morgan fingerprint density at radius 3 is 2.67 bits per heavy atom. The molecular formula is C18H17BrN2. The van der Waals surface area contributed by atoms with Crippen LogP contribution in [-0.2, 0) is 0 Å². The summed E-state index contributed by atoms with van der Waals surface area (Å²) in [6.45, 7) is 4.26. The number of nitrogens with zero attached hydrogens (tertiary/aromatic N) is 1. The van der Waals surface area contributed by atoms with Gasteiger partial charge >= 0.3 is 0 Å². The van der Waals surface area contributed by atoms with Crippen LogP contribution in [0.5, 0.6) is 0 Å². The second-order valence-corrected chi connectivity index (χ2v) is 6.07. The van der Waals surface area contributed by atoms with Gasteiger partial charge in [0.2, 0.25) is 0 Å². The van der Waals surface area contributed by atoms with Crippen molar-refractivity contribution in [3.05, 3.63) is 70.3 Å². The van der Waals surface area contributed by atoms with Crippen LogP contribution in [-0.4, -0.2) is 4.98 Å². The van der Waals surface area contributed by atoms with Crippen LogP contribution in [0.2, 0.25) is 0 Å². The number of pyridine rings is 1. The maximum Gasteiger partial charge on any atom is 0.0751 e. The van der Waals surface area contributed by atoms with Crippen LogP contribution < -0.4 is 5.32 Å². The second kappa shape index (κ2) is 5.86. The quantitative estimate of drug-likeness (QED) is 0.682. The highest BCUT2D eigenvalue weighted by Gasteiger charge is 2.11. The smallest absolute Gasteiger partial charge is 0.0751 e. The molecule has 0 saturated heterocycles. The number of halogens is 1. The zero-order chi connectivity index (χ0) is 14.8. The predicted octanol–water partition coefficient (Wildman–Crippen LogP) is 5.48. The topological polar surface area (TPSA) is 24.9 Å². The molecule has 0 aliphatic rings. The fraction of sp³-hybridized carbons (Fsp3) is 0.167. The molecule has 1 atom stereocenters. The molecule has 0 saturated carbocycles. The average Bonchev–Trinajstić information content (AvgIpc) is 2.51. The first-order valence-electron chi connectivity index (χ1n) is 7.02. The Morgan fingerprint density at radius 1 is 1.05 bits per heavy atom. The fourth-order valence-corrected chi connectivity index (χ4v) is 3.21. The van der Waals surface area contributed by atoms with Crippen molar-refractivity contribution in [2.24, 2.45) is 0 Å². The molecule has 106 valence electrons. The number of aryl methyl sites for hydroxylation is 1. The maximum atomic E-state index is 4.49. The van der Waals surface area contributed by atoms with Crippen molar-refractivity contribution in [2.75, 3.05) is 5.32 Å². The largest absolute Gasteiger partial charge is 0.378 e. The first-order valence-corrected chi connectivity index (χ1v) is 7.81. The number of hydrogen-bond donors (Lipinski definition) is 1. The summed E-state index contributed by atoms with van der Waals surface area (Å²) < 4.78 is 1.12. The number of aromatic nitrogens is 1. The molecule has 0 bridgehead atoms. The number of fused-ring (bicyclic) bond motifs is 1. The molecule has 0 fully saturated rings. The molecule has 1 aromatic heterocycles. The molecule has 3 heteroatoms. The van der Waals surface area contributed by atoms with Crippen molar-refractivity contribution >= 4 is 32.5 Å². The van der Waals surface area contributed by atoms with Crippen LogP contribution in [0, 0.1) is 6.92 Å². The monoisotopic (exact) mass is 340 g/mol. The van der Waals surface area contributed by atoms with Crippen molar-refractivity contribution < 1.29 is 0 Å². The van der Waals surface area contributed by atoms with E-state index in [1.165, 1.54) is 11.1 Å². The Bertz CT molecular complexity index is 783. The Labute approximate surface area is 133 Å². The molecule has 1 N–H and O–H groups in total. The van der Waals surface area contributed by atoms with Gasteiger partial charge in [0, 0.05) is 27.8 Å². The van der Waals surface area contributed by atoms with Crippen LogP contribution in [0.4, 0.5) is 5.69 Å². The third-order valence-corrected chi connectivity index (χ3v) is 4.44. The summed E-state index contributed by atoms with van der Waals surface area (Å²) in [6, 6.07) is 16.9. The first-order chi connectivity index (χ1) is 10.2. The Kier molecular flexibility index (Phi) is 3.93. The molecule has 0 spiro atoms. The number of rotatable bonds is 3. The molecule has 0 radical (unpaired) electrons. The van der Waals surface area contributed by atoms with E-state index in [-0.39, 0.29) is 6.04 Å². The predicted molar refractivity (Wildman–Crippen MR) is 92.7 cm³/mol. The summed E-state index contributed by atoms with van der Waals surface area (Å²) >= 11 is 3.62. The Morgan fingerprint density at radius 2 is 1.86 bits per heavy atom. The minimum absolute atomic E-state index is 0.215. The van der Waals surface area contributed by atoms with E-state index in [0.717, 1.165) is 21.1 Å². The third kappa shape index (κ3) is 2.79. The van der Waals surface area contributed by atoms with Gasteiger partial charge in [-0.05, 0) is 49.2 Å². The van der Waals surface area contributed by atoms with E-state index in [9.17, 15) is 0 Å². The number of benzene rings is 2. The van der Waals surface area contributed by atoms with Gasteiger partial charge in [-0.25, -0.2) is 0 Å². The molecule has 3 aromatic rings. The summed E-state index contributed by atoms with van der Waals surface area (Å²) in [5, 5.41) is 4.76. The summed E-state index contributed by atoms with van der Waals surface area (Å²) in [5.74, 6) is 0. The molecule has 2 nitrogen and oxygen atoms in total. The maximum absolute atomic E-state index is 4.49. The number of hydrogen-bond acceptors (Lipinski definition) is 2. The SMILES string of the molecule is Cc1ccc(NC(C)c2ccccc2Br)c2cccnc12. The van der Waals surface area contributed by atoms with Gasteiger partial charge in [-0.2, -0.15) is 0 Å². The molecule has 1 heterocycles. The highest BCUT2D eigenvalue weighted by atomic mass is 79.9. The normalized spacial score (nSPS) is 12.3. The van der Waals surface area contributed by atoms with Gasteiger partial charge in [-0.1, -0.05) is 40.2 Å². The van der Waals surface area contributed by atoms with E-state index in [1.54, 1.807) is 0 Å². The van der Waals surface area contributed by atoms with Gasteiger partial charge in [0.1, 0.15) is 0 Å². The lowest BCUT2D eigenvalue weighted by molar-refractivity contribution is 0.880. The molecule has 3 rings (SSSR count). The van der Waals surface area contributed by atoms with Gasteiger partial charge in [0.15, 0.2) is 0 Å². The van der Waals surface area contributed by atoms with Crippen LogP contribution >= 0.6 is 15.9 Å². The molecule has 0 aliphatic carbocycles. The van der Waals surface area contributed by atoms with Gasteiger partial charge in [0.05, 0.1) is 5.52 Å².